The second-order valence-electron chi connectivity index (χ2n) is 5.61. The maximum Gasteiger partial charge on any atom is 0.239 e. The Morgan fingerprint density at radius 3 is 2.84 bits per heavy atom. The van der Waals surface area contributed by atoms with Gasteiger partial charge in [0.25, 0.3) is 0 Å². The lowest BCUT2D eigenvalue weighted by Crippen LogP contribution is -1.94. The van der Waals surface area contributed by atoms with Crippen molar-refractivity contribution in [1.82, 2.24) is 9.97 Å². The third kappa shape index (κ3) is 2.45. The van der Waals surface area contributed by atoms with Crippen LogP contribution in [-0.4, -0.2) is 17.1 Å². The Morgan fingerprint density at radius 2 is 2.08 bits per heavy atom. The summed E-state index contributed by atoms with van der Waals surface area (Å²) >= 11 is 1.29. The zero-order valence-corrected chi connectivity index (χ0v) is 14.2. The van der Waals surface area contributed by atoms with Crippen LogP contribution in [0, 0.1) is 18.6 Å². The van der Waals surface area contributed by atoms with E-state index in [2.05, 4.69) is 9.97 Å². The largest absolute Gasteiger partial charge is 0.432 e. The maximum atomic E-state index is 13.9. The van der Waals surface area contributed by atoms with Crippen LogP contribution in [0.5, 0.6) is 0 Å². The van der Waals surface area contributed by atoms with Gasteiger partial charge >= 0.3 is 0 Å². The number of fused-ring (bicyclic) bond motifs is 2. The van der Waals surface area contributed by atoms with E-state index in [1.165, 1.54) is 17.4 Å². The van der Waals surface area contributed by atoms with E-state index < -0.39 is 11.6 Å². The number of rotatable bonds is 3. The first kappa shape index (κ1) is 15.9. The number of nitrogens with zero attached hydrogens (tertiary/aromatic N) is 2. The Labute approximate surface area is 145 Å². The molecule has 1 aromatic carbocycles. The van der Waals surface area contributed by atoms with E-state index in [-0.39, 0.29) is 17.0 Å². The van der Waals surface area contributed by atoms with Gasteiger partial charge < -0.3 is 14.9 Å². The fourth-order valence-electron chi connectivity index (χ4n) is 2.80. The van der Waals surface area contributed by atoms with Crippen molar-refractivity contribution >= 4 is 38.3 Å². The van der Waals surface area contributed by atoms with Crippen LogP contribution in [0.1, 0.15) is 11.3 Å². The molecule has 0 aliphatic carbocycles. The number of oxazole rings is 1. The van der Waals surface area contributed by atoms with Crippen LogP contribution < -0.4 is 5.73 Å². The molecule has 0 unspecified atom stereocenters. The predicted octanol–water partition coefficient (Wildman–Crippen LogP) is 4.42. The minimum Gasteiger partial charge on any atom is -0.432 e. The molecule has 0 amide bonds. The highest BCUT2D eigenvalue weighted by Crippen LogP contribution is 2.42. The third-order valence-corrected chi connectivity index (χ3v) is 4.94. The van der Waals surface area contributed by atoms with Crippen molar-refractivity contribution in [2.45, 2.75) is 13.5 Å². The molecule has 0 radical (unpaired) electrons. The monoisotopic (exact) mass is 361 g/mol. The lowest BCUT2D eigenvalue weighted by atomic mass is 10.1. The van der Waals surface area contributed by atoms with E-state index in [0.29, 0.717) is 22.0 Å². The van der Waals surface area contributed by atoms with Crippen molar-refractivity contribution in [3.63, 3.8) is 0 Å². The van der Waals surface area contributed by atoms with Gasteiger partial charge in [0, 0.05) is 18.2 Å². The Bertz CT molecular complexity index is 1120. The van der Waals surface area contributed by atoms with E-state index in [1.807, 2.05) is 13.0 Å². The fourth-order valence-corrected chi connectivity index (χ4v) is 3.91. The molecular formula is C17H13F2N3O2S. The van der Waals surface area contributed by atoms with Crippen LogP contribution in [0.15, 0.2) is 22.6 Å². The van der Waals surface area contributed by atoms with Gasteiger partial charge in [-0.3, -0.25) is 0 Å². The first-order valence-corrected chi connectivity index (χ1v) is 8.23. The van der Waals surface area contributed by atoms with Gasteiger partial charge in [-0.15, -0.1) is 11.3 Å². The van der Waals surface area contributed by atoms with Crippen LogP contribution in [0.4, 0.5) is 14.5 Å². The van der Waals surface area contributed by atoms with E-state index >= 15 is 0 Å². The van der Waals surface area contributed by atoms with Gasteiger partial charge in [-0.1, -0.05) is 0 Å². The highest BCUT2D eigenvalue weighted by molar-refractivity contribution is 7.22. The molecular weight excluding hydrogens is 348 g/mol. The average Bonchev–Trinajstić information content (AvgIpc) is 3.13. The van der Waals surface area contributed by atoms with E-state index in [1.54, 1.807) is 7.11 Å². The molecule has 2 N–H and O–H groups in total. The minimum absolute atomic E-state index is 0.140. The molecule has 8 heteroatoms. The predicted molar refractivity (Wildman–Crippen MR) is 92.4 cm³/mol. The normalized spacial score (nSPS) is 11.7. The van der Waals surface area contributed by atoms with Gasteiger partial charge in [-0.25, -0.2) is 14.4 Å². The Hall–Kier alpha value is -2.58. The number of anilines is 1. The molecule has 0 saturated heterocycles. The average molecular weight is 361 g/mol. The number of halogens is 2. The first-order valence-electron chi connectivity index (χ1n) is 7.42. The quantitative estimate of drug-likeness (QED) is 0.585. The molecule has 4 rings (SSSR count). The molecule has 0 bridgehead atoms. The van der Waals surface area contributed by atoms with Crippen LogP contribution in [-0.2, 0) is 11.3 Å². The number of benzene rings is 1. The summed E-state index contributed by atoms with van der Waals surface area (Å²) in [6.45, 7) is 2.26. The third-order valence-electron chi connectivity index (χ3n) is 3.85. The molecule has 128 valence electrons. The van der Waals surface area contributed by atoms with Crippen molar-refractivity contribution in [1.29, 1.82) is 0 Å². The highest BCUT2D eigenvalue weighted by Gasteiger charge is 2.22. The number of ether oxygens (including phenoxy) is 1. The number of methoxy groups -OCH3 is 1. The number of aryl methyl sites for hydroxylation is 1. The molecule has 5 nitrogen and oxygen atoms in total. The number of hydrogen-bond donors (Lipinski definition) is 1. The number of nitrogen functional groups attached to an aromatic ring is 1. The van der Waals surface area contributed by atoms with Gasteiger partial charge in [0.05, 0.1) is 12.3 Å². The topological polar surface area (TPSA) is 74.2 Å². The zero-order valence-electron chi connectivity index (χ0n) is 13.4. The summed E-state index contributed by atoms with van der Waals surface area (Å²) in [5, 5.41) is 0.765. The van der Waals surface area contributed by atoms with E-state index in [0.717, 1.165) is 22.7 Å². The van der Waals surface area contributed by atoms with Crippen molar-refractivity contribution in [3.05, 3.63) is 41.1 Å². The minimum atomic E-state index is -1.06. The molecule has 0 saturated carbocycles. The zero-order chi connectivity index (χ0) is 17.7. The lowest BCUT2D eigenvalue weighted by molar-refractivity contribution is 0.186. The Morgan fingerprint density at radius 1 is 1.28 bits per heavy atom. The molecule has 3 heterocycles. The van der Waals surface area contributed by atoms with Gasteiger partial charge in [0.1, 0.15) is 15.2 Å². The number of aromatic nitrogens is 2. The molecule has 0 fully saturated rings. The van der Waals surface area contributed by atoms with Crippen LogP contribution in [0.3, 0.4) is 0 Å². The van der Waals surface area contributed by atoms with Crippen molar-refractivity contribution in [2.24, 2.45) is 0 Å². The Kier molecular flexibility index (Phi) is 3.66. The summed E-state index contributed by atoms with van der Waals surface area (Å²) in [7, 11) is 1.60. The smallest absolute Gasteiger partial charge is 0.239 e. The SMILES string of the molecule is COCc1cc(C)nc2sc(-c3nc4ccc(F)c(F)c4o3)c(N)c12. The second-order valence-corrected chi connectivity index (χ2v) is 6.61. The number of thiophene rings is 1. The Balaban J connectivity index is 1.97. The van der Waals surface area contributed by atoms with Crippen LogP contribution in [0.2, 0.25) is 0 Å². The fraction of sp³-hybridized carbons (Fsp3) is 0.176. The molecule has 0 aliphatic rings. The van der Waals surface area contributed by atoms with Crippen LogP contribution >= 0.6 is 11.3 Å². The first-order chi connectivity index (χ1) is 12.0. The van der Waals surface area contributed by atoms with Gasteiger partial charge in [-0.2, -0.15) is 4.39 Å². The highest BCUT2D eigenvalue weighted by atomic mass is 32.1. The maximum absolute atomic E-state index is 13.9. The molecule has 0 aliphatic heterocycles. The van der Waals surface area contributed by atoms with Crippen LogP contribution in [0.25, 0.3) is 32.1 Å². The van der Waals surface area contributed by atoms with E-state index in [4.69, 9.17) is 14.9 Å². The number of hydrogen-bond acceptors (Lipinski definition) is 6. The molecule has 25 heavy (non-hydrogen) atoms. The summed E-state index contributed by atoms with van der Waals surface area (Å²) in [4.78, 5) is 9.97. The molecule has 0 atom stereocenters. The summed E-state index contributed by atoms with van der Waals surface area (Å²) in [6, 6.07) is 4.28. The molecule has 4 aromatic rings. The van der Waals surface area contributed by atoms with E-state index in [9.17, 15) is 8.78 Å². The van der Waals surface area contributed by atoms with Gasteiger partial charge in [-0.05, 0) is 30.7 Å². The number of nitrogens with two attached hydrogens (primary N) is 1. The van der Waals surface area contributed by atoms with Crippen molar-refractivity contribution in [2.75, 3.05) is 12.8 Å². The molecule has 3 aromatic heterocycles. The number of pyridine rings is 1. The summed E-state index contributed by atoms with van der Waals surface area (Å²) in [5.74, 6) is -1.91. The summed E-state index contributed by atoms with van der Waals surface area (Å²) < 4.78 is 37.9. The van der Waals surface area contributed by atoms with Crippen molar-refractivity contribution in [3.8, 4) is 10.8 Å². The summed E-state index contributed by atoms with van der Waals surface area (Å²) in [6.07, 6.45) is 0. The molecule has 0 spiro atoms. The lowest BCUT2D eigenvalue weighted by Gasteiger charge is -2.04. The summed E-state index contributed by atoms with van der Waals surface area (Å²) in [5.41, 5.74) is 8.46. The van der Waals surface area contributed by atoms with Gasteiger partial charge in [0.15, 0.2) is 11.4 Å². The standard InChI is InChI=1S/C17H13F2N3O2S/c1-7-5-8(6-23-2)11-13(20)15(25-17(11)21-7)16-22-10-4-3-9(18)12(19)14(10)24-16/h3-5H,6,20H2,1-2H3. The second kappa shape index (κ2) is 5.75. The van der Waals surface area contributed by atoms with Gasteiger partial charge in [0.2, 0.25) is 11.7 Å². The van der Waals surface area contributed by atoms with Crippen molar-refractivity contribution < 1.29 is 17.9 Å².